The van der Waals surface area contributed by atoms with Crippen molar-refractivity contribution in [2.45, 2.75) is 24.8 Å². The van der Waals surface area contributed by atoms with Gasteiger partial charge in [-0.1, -0.05) is 5.16 Å². The highest BCUT2D eigenvalue weighted by molar-refractivity contribution is 5.90. The second kappa shape index (κ2) is 1.29. The summed E-state index contributed by atoms with van der Waals surface area (Å²) in [5, 5.41) is 11.4. The molecular formula is C6H11N3O. The highest BCUT2D eigenvalue weighted by Gasteiger charge is 2.68. The fraction of sp³-hybridized carbons (Fsp3) is 0.833. The minimum absolute atomic E-state index is 0.0104. The molecule has 0 aromatic rings. The standard InChI is InChI=1S/C6H11N3O/c7-4(9-10)5-1-6(8,2-5)3-5/h10H,1-3,8H2,(H2,7,9). The molecule has 10 heavy (non-hydrogen) atoms. The zero-order valence-corrected chi connectivity index (χ0v) is 5.67. The zero-order valence-electron chi connectivity index (χ0n) is 5.67. The summed E-state index contributed by atoms with van der Waals surface area (Å²) in [6, 6.07) is 0. The molecule has 3 aliphatic carbocycles. The highest BCUT2D eigenvalue weighted by Crippen LogP contribution is 2.65. The molecule has 0 heterocycles. The summed E-state index contributed by atoms with van der Waals surface area (Å²) in [5.74, 6) is 0.361. The third kappa shape index (κ3) is 0.441. The maximum Gasteiger partial charge on any atom is 0.145 e. The molecule has 3 aliphatic rings. The summed E-state index contributed by atoms with van der Waals surface area (Å²) in [6.07, 6.45) is 2.70. The van der Waals surface area contributed by atoms with Gasteiger partial charge in [-0.15, -0.1) is 0 Å². The monoisotopic (exact) mass is 141 g/mol. The molecule has 0 saturated heterocycles. The lowest BCUT2D eigenvalue weighted by Crippen LogP contribution is -2.75. The van der Waals surface area contributed by atoms with Gasteiger partial charge >= 0.3 is 0 Å². The molecule has 2 bridgehead atoms. The second-order valence-corrected chi connectivity index (χ2v) is 3.66. The van der Waals surface area contributed by atoms with Crippen LogP contribution in [0.1, 0.15) is 19.3 Å². The first kappa shape index (κ1) is 5.97. The third-order valence-corrected chi connectivity index (χ3v) is 2.72. The average Bonchev–Trinajstić information content (AvgIpc) is 1.77. The Hall–Kier alpha value is -0.770. The molecule has 0 aliphatic heterocycles. The smallest absolute Gasteiger partial charge is 0.145 e. The van der Waals surface area contributed by atoms with Crippen LogP contribution in [0.5, 0.6) is 0 Å². The van der Waals surface area contributed by atoms with Crippen LogP contribution in [0.3, 0.4) is 0 Å². The normalized spacial score (nSPS) is 51.5. The van der Waals surface area contributed by atoms with Gasteiger partial charge < -0.3 is 16.7 Å². The van der Waals surface area contributed by atoms with Crippen LogP contribution in [0.4, 0.5) is 0 Å². The van der Waals surface area contributed by atoms with Crippen LogP contribution in [-0.2, 0) is 0 Å². The van der Waals surface area contributed by atoms with Gasteiger partial charge in [0.15, 0.2) is 0 Å². The minimum atomic E-state index is -0.0104. The molecule has 0 aromatic carbocycles. The van der Waals surface area contributed by atoms with Crippen molar-refractivity contribution in [2.75, 3.05) is 0 Å². The first-order chi connectivity index (χ1) is 4.60. The maximum atomic E-state index is 8.37. The lowest BCUT2D eigenvalue weighted by Gasteiger charge is -2.68. The number of hydrogen-bond donors (Lipinski definition) is 3. The number of nitrogens with two attached hydrogens (primary N) is 2. The van der Waals surface area contributed by atoms with Gasteiger partial charge in [0.25, 0.3) is 0 Å². The molecule has 0 spiro atoms. The van der Waals surface area contributed by atoms with Gasteiger partial charge in [0, 0.05) is 11.0 Å². The molecular weight excluding hydrogens is 130 g/mol. The van der Waals surface area contributed by atoms with Crippen LogP contribution >= 0.6 is 0 Å². The summed E-state index contributed by atoms with van der Waals surface area (Å²) < 4.78 is 0. The average molecular weight is 141 g/mol. The van der Waals surface area contributed by atoms with Crippen molar-refractivity contribution in [3.8, 4) is 0 Å². The third-order valence-electron chi connectivity index (χ3n) is 2.72. The van der Waals surface area contributed by atoms with E-state index in [-0.39, 0.29) is 11.0 Å². The second-order valence-electron chi connectivity index (χ2n) is 3.66. The van der Waals surface area contributed by atoms with Crippen molar-refractivity contribution in [3.05, 3.63) is 0 Å². The van der Waals surface area contributed by atoms with E-state index >= 15 is 0 Å². The van der Waals surface area contributed by atoms with E-state index in [0.717, 1.165) is 19.3 Å². The van der Waals surface area contributed by atoms with Crippen molar-refractivity contribution in [2.24, 2.45) is 22.0 Å². The van der Waals surface area contributed by atoms with Gasteiger partial charge in [0.2, 0.25) is 0 Å². The lowest BCUT2D eigenvalue weighted by atomic mass is 9.39. The van der Waals surface area contributed by atoms with Gasteiger partial charge in [0.05, 0.1) is 0 Å². The van der Waals surface area contributed by atoms with Crippen LogP contribution in [0, 0.1) is 5.41 Å². The van der Waals surface area contributed by atoms with E-state index in [2.05, 4.69) is 5.16 Å². The number of rotatable bonds is 1. The fourth-order valence-corrected chi connectivity index (χ4v) is 2.24. The van der Waals surface area contributed by atoms with Gasteiger partial charge in [-0.05, 0) is 19.3 Å². The summed E-state index contributed by atoms with van der Waals surface area (Å²) >= 11 is 0. The highest BCUT2D eigenvalue weighted by atomic mass is 16.4. The van der Waals surface area contributed by atoms with Crippen molar-refractivity contribution in [1.82, 2.24) is 0 Å². The number of hydrogen-bond acceptors (Lipinski definition) is 3. The quantitative estimate of drug-likeness (QED) is 0.201. The molecule has 4 nitrogen and oxygen atoms in total. The number of nitrogens with zero attached hydrogens (tertiary/aromatic N) is 1. The molecule has 0 atom stereocenters. The SMILES string of the molecule is N/C(=N\O)C12CC(N)(C1)C2. The summed E-state index contributed by atoms with van der Waals surface area (Å²) in [5.41, 5.74) is 11.3. The van der Waals surface area contributed by atoms with Gasteiger partial charge in [0.1, 0.15) is 5.84 Å². The van der Waals surface area contributed by atoms with Crippen LogP contribution in [0.25, 0.3) is 0 Å². The van der Waals surface area contributed by atoms with Crippen LogP contribution in [0.15, 0.2) is 5.16 Å². The molecule has 0 amide bonds. The van der Waals surface area contributed by atoms with E-state index in [1.807, 2.05) is 0 Å². The van der Waals surface area contributed by atoms with E-state index in [0.29, 0.717) is 5.84 Å². The molecule has 3 saturated carbocycles. The van der Waals surface area contributed by atoms with E-state index < -0.39 is 0 Å². The van der Waals surface area contributed by atoms with E-state index in [9.17, 15) is 0 Å². The Bertz CT molecular complexity index is 191. The summed E-state index contributed by atoms with van der Waals surface area (Å²) in [7, 11) is 0. The molecule has 0 unspecified atom stereocenters. The summed E-state index contributed by atoms with van der Waals surface area (Å²) in [4.78, 5) is 0. The Balaban J connectivity index is 2.11. The van der Waals surface area contributed by atoms with Crippen LogP contribution in [0.2, 0.25) is 0 Å². The molecule has 3 fully saturated rings. The first-order valence-corrected chi connectivity index (χ1v) is 3.37. The Morgan fingerprint density at radius 3 is 2.20 bits per heavy atom. The molecule has 56 valence electrons. The Kier molecular flexibility index (Phi) is 0.773. The largest absolute Gasteiger partial charge is 0.409 e. The Morgan fingerprint density at radius 1 is 1.40 bits per heavy atom. The number of amidine groups is 1. The van der Waals surface area contributed by atoms with Crippen molar-refractivity contribution in [3.63, 3.8) is 0 Å². The van der Waals surface area contributed by atoms with E-state index in [1.54, 1.807) is 0 Å². The predicted molar refractivity (Wildman–Crippen MR) is 36.6 cm³/mol. The Labute approximate surface area is 58.9 Å². The molecule has 4 heteroatoms. The molecule has 0 aromatic heterocycles. The Morgan fingerprint density at radius 2 is 1.90 bits per heavy atom. The molecule has 5 N–H and O–H groups in total. The predicted octanol–water partition coefficient (Wildman–Crippen LogP) is -0.386. The van der Waals surface area contributed by atoms with Gasteiger partial charge in [-0.2, -0.15) is 0 Å². The number of oxime groups is 1. The topological polar surface area (TPSA) is 84.6 Å². The lowest BCUT2D eigenvalue weighted by molar-refractivity contribution is -0.0741. The van der Waals surface area contributed by atoms with Crippen molar-refractivity contribution < 1.29 is 5.21 Å². The van der Waals surface area contributed by atoms with Crippen molar-refractivity contribution in [1.29, 1.82) is 0 Å². The van der Waals surface area contributed by atoms with Crippen LogP contribution in [-0.4, -0.2) is 16.6 Å². The first-order valence-electron chi connectivity index (χ1n) is 3.37. The maximum absolute atomic E-state index is 8.37. The minimum Gasteiger partial charge on any atom is -0.409 e. The molecule has 3 rings (SSSR count). The van der Waals surface area contributed by atoms with E-state index in [4.69, 9.17) is 16.7 Å². The van der Waals surface area contributed by atoms with Gasteiger partial charge in [-0.3, -0.25) is 0 Å². The zero-order chi connectivity index (χ0) is 7.41. The van der Waals surface area contributed by atoms with E-state index in [1.165, 1.54) is 0 Å². The molecule has 0 radical (unpaired) electrons. The van der Waals surface area contributed by atoms with Crippen molar-refractivity contribution >= 4 is 5.84 Å². The summed E-state index contributed by atoms with van der Waals surface area (Å²) in [6.45, 7) is 0. The fourth-order valence-electron chi connectivity index (χ4n) is 2.24. The van der Waals surface area contributed by atoms with Gasteiger partial charge in [-0.25, -0.2) is 0 Å². The van der Waals surface area contributed by atoms with Crippen LogP contribution < -0.4 is 11.5 Å².